The highest BCUT2D eigenvalue weighted by Crippen LogP contribution is 2.08. The third-order valence-corrected chi connectivity index (χ3v) is 1.54. The Morgan fingerprint density at radius 1 is 1.73 bits per heavy atom. The lowest BCUT2D eigenvalue weighted by Gasteiger charge is -1.99. The van der Waals surface area contributed by atoms with Crippen molar-refractivity contribution in [1.29, 1.82) is 0 Å². The van der Waals surface area contributed by atoms with E-state index in [9.17, 15) is 4.79 Å². The summed E-state index contributed by atoms with van der Waals surface area (Å²) in [5, 5.41) is 0. The second-order valence-electron chi connectivity index (χ2n) is 2.29. The molecule has 0 aliphatic carbocycles. The first-order valence-corrected chi connectivity index (χ1v) is 3.47. The van der Waals surface area contributed by atoms with Gasteiger partial charge in [-0.05, 0) is 18.1 Å². The minimum atomic E-state index is 0.303. The molecule has 0 fully saturated rings. The molecule has 0 bridgehead atoms. The predicted octanol–water partition coefficient (Wildman–Crippen LogP) is 1.04. The number of aldehydes is 1. The zero-order chi connectivity index (χ0) is 8.27. The van der Waals surface area contributed by atoms with Crippen molar-refractivity contribution in [2.75, 3.05) is 5.73 Å². The van der Waals surface area contributed by atoms with Crippen molar-refractivity contribution in [3.05, 3.63) is 23.4 Å². The van der Waals surface area contributed by atoms with E-state index in [1.165, 1.54) is 0 Å². The molecule has 0 aliphatic rings. The first-order chi connectivity index (χ1) is 5.27. The second-order valence-corrected chi connectivity index (χ2v) is 2.29. The molecule has 11 heavy (non-hydrogen) atoms. The molecule has 0 saturated carbocycles. The third kappa shape index (κ3) is 1.55. The predicted molar refractivity (Wildman–Crippen MR) is 43.4 cm³/mol. The van der Waals surface area contributed by atoms with Gasteiger partial charge in [-0.2, -0.15) is 0 Å². The van der Waals surface area contributed by atoms with Crippen LogP contribution in [0.4, 0.5) is 5.82 Å². The number of aromatic nitrogens is 1. The van der Waals surface area contributed by atoms with Crippen LogP contribution < -0.4 is 5.73 Å². The van der Waals surface area contributed by atoms with E-state index in [0.717, 1.165) is 18.3 Å². The summed E-state index contributed by atoms with van der Waals surface area (Å²) in [5.74, 6) is 0.303. The van der Waals surface area contributed by atoms with E-state index in [4.69, 9.17) is 5.73 Å². The van der Waals surface area contributed by atoms with Gasteiger partial charge in [0.25, 0.3) is 0 Å². The highest BCUT2D eigenvalue weighted by Gasteiger charge is 1.98. The van der Waals surface area contributed by atoms with Crippen LogP contribution in [-0.4, -0.2) is 11.3 Å². The molecule has 1 rings (SSSR count). The van der Waals surface area contributed by atoms with Crippen molar-refractivity contribution in [2.24, 2.45) is 0 Å². The number of anilines is 1. The Balaban J connectivity index is 3.12. The van der Waals surface area contributed by atoms with Gasteiger partial charge in [-0.1, -0.05) is 6.92 Å². The molecule has 3 nitrogen and oxygen atoms in total. The Hall–Kier alpha value is -1.38. The van der Waals surface area contributed by atoms with Crippen LogP contribution in [0.15, 0.2) is 12.3 Å². The fourth-order valence-electron chi connectivity index (χ4n) is 0.826. The average molecular weight is 150 g/mol. The summed E-state index contributed by atoms with van der Waals surface area (Å²) in [5.41, 5.74) is 6.92. The van der Waals surface area contributed by atoms with Gasteiger partial charge in [-0.25, -0.2) is 4.98 Å². The summed E-state index contributed by atoms with van der Waals surface area (Å²) in [6.07, 6.45) is 3.28. The van der Waals surface area contributed by atoms with Gasteiger partial charge in [0.1, 0.15) is 5.82 Å². The number of nitrogens with zero attached hydrogens (tertiary/aromatic N) is 1. The summed E-state index contributed by atoms with van der Waals surface area (Å²) in [6, 6.07) is 1.76. The molecule has 0 saturated heterocycles. The van der Waals surface area contributed by atoms with Crippen molar-refractivity contribution < 1.29 is 4.79 Å². The Bertz CT molecular complexity index is 271. The molecule has 0 radical (unpaired) electrons. The highest BCUT2D eigenvalue weighted by atomic mass is 16.1. The topological polar surface area (TPSA) is 56.0 Å². The maximum absolute atomic E-state index is 10.4. The lowest BCUT2D eigenvalue weighted by atomic mass is 10.1. The fourth-order valence-corrected chi connectivity index (χ4v) is 0.826. The molecule has 1 aromatic rings. The van der Waals surface area contributed by atoms with Crippen LogP contribution in [0.1, 0.15) is 22.8 Å². The summed E-state index contributed by atoms with van der Waals surface area (Å²) in [6.45, 7) is 2.00. The first-order valence-electron chi connectivity index (χ1n) is 3.47. The van der Waals surface area contributed by atoms with Crippen LogP contribution in [0.3, 0.4) is 0 Å². The zero-order valence-corrected chi connectivity index (χ0v) is 6.37. The lowest BCUT2D eigenvalue weighted by molar-refractivity contribution is 0.112. The van der Waals surface area contributed by atoms with E-state index in [1.54, 1.807) is 12.3 Å². The summed E-state index contributed by atoms with van der Waals surface area (Å²) >= 11 is 0. The maximum Gasteiger partial charge on any atom is 0.153 e. The molecule has 0 aliphatic heterocycles. The molecule has 1 heterocycles. The minimum Gasteiger partial charge on any atom is -0.383 e. The van der Waals surface area contributed by atoms with E-state index >= 15 is 0 Å². The number of rotatable bonds is 2. The Morgan fingerprint density at radius 3 is 3.00 bits per heavy atom. The summed E-state index contributed by atoms with van der Waals surface area (Å²) in [4.78, 5) is 14.2. The normalized spacial score (nSPS) is 9.55. The number of carbonyl (C=O) groups is 1. The first kappa shape index (κ1) is 7.72. The van der Waals surface area contributed by atoms with Gasteiger partial charge in [0.15, 0.2) is 6.29 Å². The number of carbonyl (C=O) groups excluding carboxylic acids is 1. The molecule has 0 atom stereocenters. The largest absolute Gasteiger partial charge is 0.383 e. The van der Waals surface area contributed by atoms with Crippen LogP contribution in [0, 0.1) is 0 Å². The highest BCUT2D eigenvalue weighted by molar-refractivity contribution is 5.81. The number of pyridine rings is 1. The standard InChI is InChI=1S/C8H10N2O/c1-2-6-3-7(5-11)8(9)10-4-6/h3-5H,2H2,1H3,(H2,9,10). The molecule has 0 aromatic carbocycles. The van der Waals surface area contributed by atoms with Gasteiger partial charge < -0.3 is 5.73 Å². The van der Waals surface area contributed by atoms with E-state index in [2.05, 4.69) is 4.98 Å². The van der Waals surface area contributed by atoms with Crippen molar-refractivity contribution in [3.8, 4) is 0 Å². The second kappa shape index (κ2) is 3.14. The average Bonchev–Trinajstić information content (AvgIpc) is 2.05. The smallest absolute Gasteiger partial charge is 0.153 e. The van der Waals surface area contributed by atoms with E-state index in [1.807, 2.05) is 6.92 Å². The van der Waals surface area contributed by atoms with Crippen molar-refractivity contribution in [2.45, 2.75) is 13.3 Å². The van der Waals surface area contributed by atoms with Gasteiger partial charge in [0.2, 0.25) is 0 Å². The van der Waals surface area contributed by atoms with Gasteiger partial charge in [-0.15, -0.1) is 0 Å². The van der Waals surface area contributed by atoms with E-state index in [-0.39, 0.29) is 0 Å². The van der Waals surface area contributed by atoms with E-state index < -0.39 is 0 Å². The maximum atomic E-state index is 10.4. The molecule has 0 amide bonds. The lowest BCUT2D eigenvalue weighted by Crippen LogP contribution is -1.97. The minimum absolute atomic E-state index is 0.303. The van der Waals surface area contributed by atoms with Crippen LogP contribution in [0.25, 0.3) is 0 Å². The SMILES string of the molecule is CCc1cnc(N)c(C=O)c1. The number of aryl methyl sites for hydroxylation is 1. The van der Waals surface area contributed by atoms with Gasteiger partial charge in [0.05, 0.1) is 5.56 Å². The molecule has 58 valence electrons. The van der Waals surface area contributed by atoms with Crippen molar-refractivity contribution >= 4 is 12.1 Å². The zero-order valence-electron chi connectivity index (χ0n) is 6.37. The summed E-state index contributed by atoms with van der Waals surface area (Å²) in [7, 11) is 0. The number of nitrogen functional groups attached to an aromatic ring is 1. The van der Waals surface area contributed by atoms with Crippen LogP contribution in [0.2, 0.25) is 0 Å². The third-order valence-electron chi connectivity index (χ3n) is 1.54. The van der Waals surface area contributed by atoms with Crippen LogP contribution in [-0.2, 0) is 6.42 Å². The number of hydrogen-bond acceptors (Lipinski definition) is 3. The quantitative estimate of drug-likeness (QED) is 0.641. The van der Waals surface area contributed by atoms with Gasteiger partial charge in [0, 0.05) is 6.20 Å². The molecule has 0 unspecified atom stereocenters. The number of hydrogen-bond donors (Lipinski definition) is 1. The van der Waals surface area contributed by atoms with Crippen LogP contribution in [0.5, 0.6) is 0 Å². The van der Waals surface area contributed by atoms with Crippen LogP contribution >= 0.6 is 0 Å². The van der Waals surface area contributed by atoms with Crippen molar-refractivity contribution in [3.63, 3.8) is 0 Å². The molecule has 1 aromatic heterocycles. The van der Waals surface area contributed by atoms with Gasteiger partial charge >= 0.3 is 0 Å². The number of nitrogens with two attached hydrogens (primary N) is 1. The molecular weight excluding hydrogens is 140 g/mol. The molecule has 2 N–H and O–H groups in total. The molecule has 0 spiro atoms. The Labute approximate surface area is 65.2 Å². The Morgan fingerprint density at radius 2 is 2.45 bits per heavy atom. The molecule has 3 heteroatoms. The molecular formula is C8H10N2O. The van der Waals surface area contributed by atoms with Gasteiger partial charge in [-0.3, -0.25) is 4.79 Å². The Kier molecular flexibility index (Phi) is 2.21. The summed E-state index contributed by atoms with van der Waals surface area (Å²) < 4.78 is 0. The van der Waals surface area contributed by atoms with Crippen molar-refractivity contribution in [1.82, 2.24) is 4.98 Å². The van der Waals surface area contributed by atoms with E-state index in [0.29, 0.717) is 11.4 Å². The fraction of sp³-hybridized carbons (Fsp3) is 0.250. The monoisotopic (exact) mass is 150 g/mol.